The molecule has 1 aromatic heterocycles. The number of halogens is 1. The Balaban J connectivity index is 1.01. The van der Waals surface area contributed by atoms with E-state index in [-0.39, 0.29) is 35.3 Å². The fraction of sp³-hybridized carbons (Fsp3) is 0.677. The first-order chi connectivity index (χ1) is 18.4. The number of nitrogens with zero attached hydrogens (tertiary/aromatic N) is 3. The maximum absolute atomic E-state index is 13.9. The lowest BCUT2D eigenvalue weighted by molar-refractivity contribution is 0.113. The number of hydrogen-bond donors (Lipinski definition) is 3. The number of benzene rings is 1. The second-order valence-corrected chi connectivity index (χ2v) is 12.9. The van der Waals surface area contributed by atoms with Gasteiger partial charge in [-0.3, -0.25) is 4.57 Å². The molecule has 1 aromatic carbocycles. The standard InChI is InChI=1S/C31H42FN3O3/c1-18-24-15-25(29(18)36)28-27(24)30(37)35(31(28)38)17-21-5-3-2-4-20(21)16-33-11-9-23(10-12-33)34-13-8-19-6-7-22(32)14-26(19)34/h6-7,14,18,20-21,23-25,29,36-38H,2-5,8-13,15-17H2,1H3/t18?,20-,21-,24?,25?,29?/m0/s1. The van der Waals surface area contributed by atoms with Crippen molar-refractivity contribution in [2.45, 2.75) is 88.8 Å². The van der Waals surface area contributed by atoms with Gasteiger partial charge in [0, 0.05) is 61.5 Å². The largest absolute Gasteiger partial charge is 0.494 e. The molecule has 2 saturated carbocycles. The average Bonchev–Trinajstić information content (AvgIpc) is 3.65. The zero-order valence-electron chi connectivity index (χ0n) is 22.5. The van der Waals surface area contributed by atoms with E-state index in [1.54, 1.807) is 16.7 Å². The third-order valence-electron chi connectivity index (χ3n) is 11.1. The lowest BCUT2D eigenvalue weighted by atomic mass is 9.78. The topological polar surface area (TPSA) is 72.1 Å². The Hall–Kier alpha value is -2.25. The second-order valence-electron chi connectivity index (χ2n) is 12.9. The van der Waals surface area contributed by atoms with Crippen molar-refractivity contribution in [3.63, 3.8) is 0 Å². The van der Waals surface area contributed by atoms with Crippen molar-refractivity contribution >= 4 is 5.69 Å². The predicted octanol–water partition coefficient (Wildman–Crippen LogP) is 4.95. The van der Waals surface area contributed by atoms with Gasteiger partial charge in [-0.05, 0) is 79.9 Å². The van der Waals surface area contributed by atoms with Gasteiger partial charge in [-0.1, -0.05) is 25.8 Å². The Morgan fingerprint density at radius 3 is 2.32 bits per heavy atom. The normalized spacial score (nSPS) is 33.2. The number of aliphatic hydroxyl groups is 1. The van der Waals surface area contributed by atoms with Crippen LogP contribution in [0.2, 0.25) is 0 Å². The number of hydrogen-bond acceptors (Lipinski definition) is 5. The SMILES string of the molecule is CC1C2CC(c3c2c(O)n(C[C@@H]2CCCC[C@H]2CN2CCC(N4CCc5ccc(F)cc54)CC2)c3O)C1O. The van der Waals surface area contributed by atoms with Crippen molar-refractivity contribution in [3.05, 3.63) is 40.7 Å². The van der Waals surface area contributed by atoms with Gasteiger partial charge in [0.25, 0.3) is 0 Å². The number of likely N-dealkylation sites (tertiary alicyclic amines) is 1. The summed E-state index contributed by atoms with van der Waals surface area (Å²) in [5.74, 6) is 1.53. The molecule has 7 heteroatoms. The molecular formula is C31H42FN3O3. The molecule has 3 fully saturated rings. The van der Waals surface area contributed by atoms with Crippen molar-refractivity contribution in [2.75, 3.05) is 31.1 Å². The number of aromatic nitrogens is 1. The first-order valence-electron chi connectivity index (χ1n) is 15.0. The predicted molar refractivity (Wildman–Crippen MR) is 145 cm³/mol. The molecule has 38 heavy (non-hydrogen) atoms. The van der Waals surface area contributed by atoms with Gasteiger partial charge >= 0.3 is 0 Å². The molecule has 3 aliphatic carbocycles. The minimum absolute atomic E-state index is 0.0420. The second kappa shape index (κ2) is 9.44. The fourth-order valence-corrected chi connectivity index (χ4v) is 8.94. The maximum Gasteiger partial charge on any atom is 0.197 e. The van der Waals surface area contributed by atoms with Gasteiger partial charge in [0.15, 0.2) is 11.8 Å². The van der Waals surface area contributed by atoms with Crippen LogP contribution in [0.3, 0.4) is 0 Å². The lowest BCUT2D eigenvalue weighted by Crippen LogP contribution is -2.46. The van der Waals surface area contributed by atoms with E-state index < -0.39 is 6.10 Å². The van der Waals surface area contributed by atoms with Gasteiger partial charge in [-0.15, -0.1) is 0 Å². The van der Waals surface area contributed by atoms with Crippen molar-refractivity contribution < 1.29 is 19.7 Å². The zero-order valence-corrected chi connectivity index (χ0v) is 22.5. The maximum atomic E-state index is 13.9. The van der Waals surface area contributed by atoms with E-state index in [4.69, 9.17) is 0 Å². The highest BCUT2D eigenvalue weighted by atomic mass is 19.1. The third kappa shape index (κ3) is 3.87. The van der Waals surface area contributed by atoms with Crippen LogP contribution in [-0.4, -0.2) is 63.1 Å². The van der Waals surface area contributed by atoms with Crippen LogP contribution in [0.1, 0.15) is 80.4 Å². The van der Waals surface area contributed by atoms with E-state index in [1.807, 2.05) is 6.07 Å². The first kappa shape index (κ1) is 24.8. The van der Waals surface area contributed by atoms with Crippen molar-refractivity contribution in [1.82, 2.24) is 9.47 Å². The van der Waals surface area contributed by atoms with Crippen LogP contribution < -0.4 is 4.90 Å². The molecule has 0 radical (unpaired) electrons. The fourth-order valence-electron chi connectivity index (χ4n) is 8.94. The first-order valence-corrected chi connectivity index (χ1v) is 15.0. The summed E-state index contributed by atoms with van der Waals surface area (Å²) in [5, 5.41) is 33.0. The van der Waals surface area contributed by atoms with Gasteiger partial charge in [-0.25, -0.2) is 4.39 Å². The van der Waals surface area contributed by atoms with Crippen molar-refractivity contribution in [2.24, 2.45) is 17.8 Å². The highest BCUT2D eigenvalue weighted by molar-refractivity contribution is 5.59. The molecule has 0 spiro atoms. The van der Waals surface area contributed by atoms with Gasteiger partial charge in [-0.2, -0.15) is 0 Å². The minimum atomic E-state index is -0.424. The van der Waals surface area contributed by atoms with E-state index in [2.05, 4.69) is 16.7 Å². The summed E-state index contributed by atoms with van der Waals surface area (Å²) in [6.45, 7) is 6.94. The lowest BCUT2D eigenvalue weighted by Gasteiger charge is -2.41. The summed E-state index contributed by atoms with van der Waals surface area (Å²) in [6, 6.07) is 5.74. The monoisotopic (exact) mass is 523 g/mol. The zero-order chi connectivity index (χ0) is 26.1. The number of fused-ring (bicyclic) bond motifs is 6. The Kier molecular flexibility index (Phi) is 6.15. The molecule has 6 nitrogen and oxygen atoms in total. The van der Waals surface area contributed by atoms with E-state index in [0.29, 0.717) is 24.4 Å². The Morgan fingerprint density at radius 1 is 0.895 bits per heavy atom. The molecule has 3 heterocycles. The van der Waals surface area contributed by atoms with Crippen LogP contribution >= 0.6 is 0 Å². The molecule has 2 aliphatic heterocycles. The summed E-state index contributed by atoms with van der Waals surface area (Å²) in [6.07, 6.45) is 8.45. The Morgan fingerprint density at radius 2 is 1.58 bits per heavy atom. The smallest absolute Gasteiger partial charge is 0.197 e. The highest BCUT2D eigenvalue weighted by Crippen LogP contribution is 2.62. The Bertz CT molecular complexity index is 1170. The van der Waals surface area contributed by atoms with Crippen LogP contribution in [-0.2, 0) is 13.0 Å². The molecular weight excluding hydrogens is 481 g/mol. The highest BCUT2D eigenvalue weighted by Gasteiger charge is 2.53. The molecule has 4 unspecified atom stereocenters. The van der Waals surface area contributed by atoms with E-state index in [0.717, 1.165) is 75.1 Å². The van der Waals surface area contributed by atoms with Crippen LogP contribution in [0.15, 0.2) is 18.2 Å². The van der Waals surface area contributed by atoms with Gasteiger partial charge in [0.1, 0.15) is 5.82 Å². The Labute approximate surface area is 225 Å². The quantitative estimate of drug-likeness (QED) is 0.517. The van der Waals surface area contributed by atoms with E-state index >= 15 is 0 Å². The molecule has 0 amide bonds. The van der Waals surface area contributed by atoms with Crippen LogP contribution in [0.25, 0.3) is 0 Å². The van der Waals surface area contributed by atoms with Gasteiger partial charge in [0.2, 0.25) is 0 Å². The summed E-state index contributed by atoms with van der Waals surface area (Å²) in [5.41, 5.74) is 4.10. The average molecular weight is 524 g/mol. The number of rotatable bonds is 5. The molecule has 1 saturated heterocycles. The number of aromatic hydroxyl groups is 2. The molecule has 5 aliphatic rings. The number of anilines is 1. The molecule has 3 N–H and O–H groups in total. The molecule has 206 valence electrons. The third-order valence-corrected chi connectivity index (χ3v) is 11.1. The van der Waals surface area contributed by atoms with Crippen molar-refractivity contribution in [3.8, 4) is 11.8 Å². The number of aliphatic hydroxyl groups excluding tert-OH is 1. The summed E-state index contributed by atoms with van der Waals surface area (Å²) < 4.78 is 15.7. The summed E-state index contributed by atoms with van der Waals surface area (Å²) >= 11 is 0. The number of piperidine rings is 1. The summed E-state index contributed by atoms with van der Waals surface area (Å²) in [4.78, 5) is 5.07. The van der Waals surface area contributed by atoms with Crippen LogP contribution in [0.5, 0.6) is 11.8 Å². The molecule has 2 bridgehead atoms. The van der Waals surface area contributed by atoms with Crippen LogP contribution in [0, 0.1) is 23.6 Å². The molecule has 7 rings (SSSR count). The van der Waals surface area contributed by atoms with E-state index in [9.17, 15) is 19.7 Å². The molecule has 6 atom stereocenters. The van der Waals surface area contributed by atoms with Gasteiger partial charge < -0.3 is 25.1 Å². The molecule has 2 aromatic rings. The summed E-state index contributed by atoms with van der Waals surface area (Å²) in [7, 11) is 0. The van der Waals surface area contributed by atoms with Gasteiger partial charge in [0.05, 0.1) is 6.10 Å². The minimum Gasteiger partial charge on any atom is -0.494 e. The van der Waals surface area contributed by atoms with Crippen LogP contribution in [0.4, 0.5) is 10.1 Å². The van der Waals surface area contributed by atoms with E-state index in [1.165, 1.54) is 24.8 Å². The van der Waals surface area contributed by atoms with Crippen molar-refractivity contribution in [1.29, 1.82) is 0 Å².